The summed E-state index contributed by atoms with van der Waals surface area (Å²) < 4.78 is 0. The Balaban J connectivity index is 1.60. The van der Waals surface area contributed by atoms with Gasteiger partial charge in [0.2, 0.25) is 0 Å². The van der Waals surface area contributed by atoms with E-state index in [4.69, 9.17) is 0 Å². The molecule has 34 heavy (non-hydrogen) atoms. The predicted molar refractivity (Wildman–Crippen MR) is 131 cm³/mol. The third kappa shape index (κ3) is 5.37. The Hall–Kier alpha value is -4.27. The molecule has 0 spiro atoms. The van der Waals surface area contributed by atoms with Crippen molar-refractivity contribution in [3.8, 4) is 0 Å². The molecule has 0 radical (unpaired) electrons. The van der Waals surface area contributed by atoms with Gasteiger partial charge in [0.05, 0.1) is 11.1 Å². The third-order valence-corrected chi connectivity index (χ3v) is 5.41. The fourth-order valence-corrected chi connectivity index (χ4v) is 3.05. The van der Waals surface area contributed by atoms with Gasteiger partial charge in [0.25, 0.3) is 11.8 Å². The van der Waals surface area contributed by atoms with Crippen LogP contribution in [-0.2, 0) is 0 Å². The highest BCUT2D eigenvalue weighted by Gasteiger charge is 2.39. The lowest BCUT2D eigenvalue weighted by atomic mass is 9.87. The van der Waals surface area contributed by atoms with Gasteiger partial charge in [0, 0.05) is 18.4 Å². The minimum absolute atomic E-state index is 0.0541. The predicted octanol–water partition coefficient (Wildman–Crippen LogP) is 4.66. The number of carbonyl (C=O) groups is 4. The molecular weight excluding hydrogens is 434 g/mol. The Kier molecular flexibility index (Phi) is 6.95. The number of carbonyl (C=O) groups excluding carboxylic acids is 4. The number of hydrogen-bond donors (Lipinski definition) is 3. The number of urea groups is 2. The van der Waals surface area contributed by atoms with Gasteiger partial charge in [-0.15, -0.1) is 0 Å². The minimum atomic E-state index is -0.852. The van der Waals surface area contributed by atoms with E-state index in [9.17, 15) is 19.2 Å². The highest BCUT2D eigenvalue weighted by atomic mass is 16.2. The molecule has 176 valence electrons. The second kappa shape index (κ2) is 9.70. The number of aliphatic imine (C=N–C) groups is 1. The van der Waals surface area contributed by atoms with Crippen molar-refractivity contribution in [1.29, 1.82) is 0 Å². The molecule has 9 nitrogen and oxygen atoms in total. The summed E-state index contributed by atoms with van der Waals surface area (Å²) in [5.41, 5.74) is 2.22. The fourth-order valence-electron chi connectivity index (χ4n) is 3.05. The van der Waals surface area contributed by atoms with Gasteiger partial charge in [-0.1, -0.05) is 38.5 Å². The molecule has 3 rings (SSSR count). The first kappa shape index (κ1) is 24.4. The number of anilines is 2. The average Bonchev–Trinajstić information content (AvgIpc) is 3.04. The molecular formula is C25H27N5O4. The first-order chi connectivity index (χ1) is 16.0. The molecule has 0 saturated heterocycles. The maximum absolute atomic E-state index is 12.6. The summed E-state index contributed by atoms with van der Waals surface area (Å²) in [6.45, 7) is 8.18. The zero-order chi connectivity index (χ0) is 25.0. The van der Waals surface area contributed by atoms with Gasteiger partial charge in [0.1, 0.15) is 5.84 Å². The number of fused-ring (bicyclic) bond motifs is 1. The molecule has 0 aromatic heterocycles. The van der Waals surface area contributed by atoms with Crippen LogP contribution >= 0.6 is 0 Å². The first-order valence-electron chi connectivity index (χ1n) is 10.6. The van der Waals surface area contributed by atoms with E-state index in [1.165, 1.54) is 12.1 Å². The zero-order valence-electron chi connectivity index (χ0n) is 19.7. The molecule has 1 aliphatic heterocycles. The van der Waals surface area contributed by atoms with Crippen LogP contribution in [0.1, 0.15) is 48.4 Å². The second-order valence-electron chi connectivity index (χ2n) is 8.76. The van der Waals surface area contributed by atoms with Crippen molar-refractivity contribution in [2.75, 3.05) is 17.7 Å². The number of amidine groups is 1. The molecule has 0 saturated carbocycles. The highest BCUT2D eigenvalue weighted by molar-refractivity contribution is 6.30. The summed E-state index contributed by atoms with van der Waals surface area (Å²) in [5.74, 6) is -0.913. The van der Waals surface area contributed by atoms with E-state index in [2.05, 4.69) is 41.7 Å². The number of rotatable bonds is 3. The molecule has 2 aromatic rings. The van der Waals surface area contributed by atoms with E-state index >= 15 is 0 Å². The van der Waals surface area contributed by atoms with Crippen LogP contribution in [0.2, 0.25) is 0 Å². The van der Waals surface area contributed by atoms with Crippen molar-refractivity contribution in [2.24, 2.45) is 10.4 Å². The van der Waals surface area contributed by atoms with E-state index in [-0.39, 0.29) is 16.5 Å². The van der Waals surface area contributed by atoms with Gasteiger partial charge < -0.3 is 10.6 Å². The smallest absolute Gasteiger partial charge is 0.308 e. The Bertz CT molecular complexity index is 1170. The van der Waals surface area contributed by atoms with Crippen LogP contribution in [0.15, 0.2) is 65.2 Å². The quantitative estimate of drug-likeness (QED) is 0.350. The van der Waals surface area contributed by atoms with Crippen LogP contribution in [0.4, 0.5) is 21.0 Å². The van der Waals surface area contributed by atoms with Gasteiger partial charge in [-0.05, 0) is 54.8 Å². The molecule has 1 heterocycles. The maximum atomic E-state index is 12.6. The first-order valence-corrected chi connectivity index (χ1v) is 10.6. The van der Waals surface area contributed by atoms with Crippen LogP contribution in [0, 0.1) is 5.41 Å². The molecule has 9 heteroatoms. The Morgan fingerprint density at radius 1 is 0.882 bits per heavy atom. The molecule has 0 unspecified atom stereocenters. The van der Waals surface area contributed by atoms with Crippen LogP contribution in [0.3, 0.4) is 0 Å². The Labute approximate surface area is 197 Å². The minimum Gasteiger partial charge on any atom is -0.308 e. The Morgan fingerprint density at radius 3 is 1.85 bits per heavy atom. The number of benzene rings is 2. The van der Waals surface area contributed by atoms with Crippen LogP contribution in [0.25, 0.3) is 0 Å². The van der Waals surface area contributed by atoms with Gasteiger partial charge in [-0.2, -0.15) is 4.90 Å². The topological polar surface area (TPSA) is 120 Å². The maximum Gasteiger partial charge on any atom is 0.336 e. The van der Waals surface area contributed by atoms with Gasteiger partial charge >= 0.3 is 12.1 Å². The number of imide groups is 3. The van der Waals surface area contributed by atoms with Crippen molar-refractivity contribution in [3.63, 3.8) is 0 Å². The Morgan fingerprint density at radius 2 is 1.38 bits per heavy atom. The lowest BCUT2D eigenvalue weighted by molar-refractivity contribution is 0.0713. The van der Waals surface area contributed by atoms with Gasteiger partial charge in [0.15, 0.2) is 0 Å². The summed E-state index contributed by atoms with van der Waals surface area (Å²) in [4.78, 5) is 54.4. The number of allylic oxidation sites excluding steroid dienone is 1. The third-order valence-electron chi connectivity index (χ3n) is 5.41. The van der Waals surface area contributed by atoms with E-state index in [0.717, 1.165) is 5.57 Å². The van der Waals surface area contributed by atoms with Crippen molar-refractivity contribution in [3.05, 3.63) is 71.3 Å². The average molecular weight is 462 g/mol. The molecule has 0 aliphatic carbocycles. The number of nitrogens with one attached hydrogen (secondary N) is 3. The van der Waals surface area contributed by atoms with Gasteiger partial charge in [-0.25, -0.2) is 9.59 Å². The summed E-state index contributed by atoms with van der Waals surface area (Å²) >= 11 is 0. The standard InChI is InChI=1S/C25H27N5O4/c1-15(25(2,3)4)14-20(26-5)29-23(33)27-16-10-12-17(13-11-16)28-24(34)30-21(31)18-8-6-7-9-19(18)22(30)32/h6-14H,1-5H3,(H,28,34)(H2,26,27,29,33)/b15-14+. The number of hydrogen-bond acceptors (Lipinski definition) is 5. The zero-order valence-corrected chi connectivity index (χ0v) is 19.7. The molecule has 3 N–H and O–H groups in total. The molecule has 0 atom stereocenters. The van der Waals surface area contributed by atoms with E-state index in [1.54, 1.807) is 43.4 Å². The highest BCUT2D eigenvalue weighted by Crippen LogP contribution is 2.25. The van der Waals surface area contributed by atoms with Crippen molar-refractivity contribution in [1.82, 2.24) is 10.2 Å². The molecule has 2 aromatic carbocycles. The van der Waals surface area contributed by atoms with E-state index in [1.807, 2.05) is 13.0 Å². The molecule has 0 fully saturated rings. The summed E-state index contributed by atoms with van der Waals surface area (Å²) in [6.07, 6.45) is 1.82. The van der Waals surface area contributed by atoms with Gasteiger partial charge in [-0.3, -0.25) is 19.9 Å². The largest absolute Gasteiger partial charge is 0.336 e. The molecule has 1 aliphatic rings. The monoisotopic (exact) mass is 461 g/mol. The van der Waals surface area contributed by atoms with Crippen molar-refractivity contribution < 1.29 is 19.2 Å². The molecule has 6 amide bonds. The lowest BCUT2D eigenvalue weighted by Gasteiger charge is -2.20. The normalized spacial score (nSPS) is 14.1. The summed E-state index contributed by atoms with van der Waals surface area (Å²) in [7, 11) is 1.59. The lowest BCUT2D eigenvalue weighted by Crippen LogP contribution is -2.39. The number of amides is 6. The SMILES string of the molecule is CN=C(/C=C(\C)C(C)(C)C)NC(=O)Nc1ccc(NC(=O)N2C(=O)c3ccccc3C2=O)cc1. The summed E-state index contributed by atoms with van der Waals surface area (Å²) in [5, 5.41) is 7.91. The van der Waals surface area contributed by atoms with Crippen molar-refractivity contribution >= 4 is 41.1 Å². The number of nitrogens with zero attached hydrogens (tertiary/aromatic N) is 2. The molecule has 0 bridgehead atoms. The van der Waals surface area contributed by atoms with Crippen molar-refractivity contribution in [2.45, 2.75) is 27.7 Å². The van der Waals surface area contributed by atoms with Crippen LogP contribution in [0.5, 0.6) is 0 Å². The van der Waals surface area contributed by atoms with E-state index in [0.29, 0.717) is 22.1 Å². The van der Waals surface area contributed by atoms with Crippen LogP contribution < -0.4 is 16.0 Å². The van der Waals surface area contributed by atoms with Crippen LogP contribution in [-0.4, -0.2) is 41.7 Å². The fraction of sp³-hybridized carbons (Fsp3) is 0.240. The summed E-state index contributed by atoms with van der Waals surface area (Å²) in [6, 6.07) is 11.2. The van der Waals surface area contributed by atoms with E-state index < -0.39 is 23.9 Å². The second-order valence-corrected chi connectivity index (χ2v) is 8.76.